The monoisotopic (exact) mass is 710 g/mol. The topological polar surface area (TPSA) is 105 Å². The summed E-state index contributed by atoms with van der Waals surface area (Å²) < 4.78 is 24.2. The van der Waals surface area contributed by atoms with Gasteiger partial charge < -0.3 is 18.9 Å². The molecule has 1 atom stereocenters. The Hall–Kier alpha value is -4.23. The largest absolute Gasteiger partial charge is 0.497 e. The maximum absolute atomic E-state index is 14.1. The van der Waals surface area contributed by atoms with Crippen LogP contribution in [0.3, 0.4) is 0 Å². The average Bonchev–Trinajstić information content (AvgIpc) is 3.32. The van der Waals surface area contributed by atoms with Crippen molar-refractivity contribution in [2.75, 3.05) is 20.8 Å². The van der Waals surface area contributed by atoms with Gasteiger partial charge in [0.05, 0.1) is 46.2 Å². The number of rotatable bonds is 8. The molecule has 1 aliphatic heterocycles. The first-order valence-electron chi connectivity index (χ1n) is 13.2. The van der Waals surface area contributed by atoms with Crippen LogP contribution in [0.15, 0.2) is 82.1 Å². The Bertz CT molecular complexity index is 1910. The highest BCUT2D eigenvalue weighted by Crippen LogP contribution is 2.36. The van der Waals surface area contributed by atoms with E-state index in [2.05, 4.69) is 22.6 Å². The number of thiazole rings is 1. The van der Waals surface area contributed by atoms with Gasteiger partial charge in [0.2, 0.25) is 0 Å². The lowest BCUT2D eigenvalue weighted by molar-refractivity contribution is -0.139. The number of aromatic nitrogens is 1. The molecule has 4 aromatic rings. The highest BCUT2D eigenvalue weighted by Gasteiger charge is 2.35. The Labute approximate surface area is 264 Å². The van der Waals surface area contributed by atoms with E-state index < -0.39 is 18.0 Å². The number of carbonyl (C=O) groups excluding carboxylic acids is 2. The van der Waals surface area contributed by atoms with Gasteiger partial charge in [-0.15, -0.1) is 0 Å². The maximum Gasteiger partial charge on any atom is 0.338 e. The number of fused-ring (bicyclic) bond motifs is 1. The van der Waals surface area contributed by atoms with Crippen molar-refractivity contribution in [3.8, 4) is 17.2 Å². The molecule has 0 unspecified atom stereocenters. The highest BCUT2D eigenvalue weighted by atomic mass is 127. The third kappa shape index (κ3) is 6.13. The number of carbonyl (C=O) groups is 2. The lowest BCUT2D eigenvalue weighted by Crippen LogP contribution is -2.40. The van der Waals surface area contributed by atoms with Gasteiger partial charge in [0, 0.05) is 12.5 Å². The van der Waals surface area contributed by atoms with Gasteiger partial charge in [0.1, 0.15) is 5.75 Å². The summed E-state index contributed by atoms with van der Waals surface area (Å²) in [6, 6.07) is 19.3. The normalized spacial score (nSPS) is 14.5. The van der Waals surface area contributed by atoms with E-state index in [1.165, 1.54) is 29.9 Å². The first kappa shape index (κ1) is 30.2. The van der Waals surface area contributed by atoms with Crippen molar-refractivity contribution in [2.24, 2.45) is 4.99 Å². The number of halogens is 1. The van der Waals surface area contributed by atoms with Crippen molar-refractivity contribution in [2.45, 2.75) is 19.9 Å². The van der Waals surface area contributed by atoms with Crippen LogP contribution in [0.25, 0.3) is 11.8 Å². The molecule has 9 nitrogen and oxygen atoms in total. The third-order valence-corrected chi connectivity index (χ3v) is 8.38. The van der Waals surface area contributed by atoms with E-state index in [1.54, 1.807) is 44.4 Å². The van der Waals surface area contributed by atoms with Crippen LogP contribution in [0.4, 0.5) is 0 Å². The molecule has 43 heavy (non-hydrogen) atoms. The Kier molecular flexibility index (Phi) is 9.11. The molecule has 0 aliphatic carbocycles. The lowest BCUT2D eigenvalue weighted by atomic mass is 9.93. The molecule has 2 heterocycles. The zero-order chi connectivity index (χ0) is 30.7. The van der Waals surface area contributed by atoms with E-state index in [4.69, 9.17) is 23.9 Å². The summed E-state index contributed by atoms with van der Waals surface area (Å²) in [6.07, 6.45) is 1.73. The second kappa shape index (κ2) is 13.0. The van der Waals surface area contributed by atoms with E-state index >= 15 is 0 Å². The summed E-state index contributed by atoms with van der Waals surface area (Å²) in [5, 5.41) is 0. The summed E-state index contributed by atoms with van der Waals surface area (Å²) in [6.45, 7) is 3.21. The van der Waals surface area contributed by atoms with E-state index in [0.717, 1.165) is 5.56 Å². The van der Waals surface area contributed by atoms with Crippen LogP contribution in [0.5, 0.6) is 17.2 Å². The van der Waals surface area contributed by atoms with E-state index in [-0.39, 0.29) is 17.7 Å². The van der Waals surface area contributed by atoms with Gasteiger partial charge in [-0.3, -0.25) is 14.2 Å². The zero-order valence-corrected chi connectivity index (χ0v) is 26.7. The number of hydrogen-bond acceptors (Lipinski definition) is 9. The Morgan fingerprint density at radius 2 is 1.77 bits per heavy atom. The molecule has 0 radical (unpaired) electrons. The minimum Gasteiger partial charge on any atom is -0.497 e. The molecule has 0 N–H and O–H groups in total. The van der Waals surface area contributed by atoms with Crippen LogP contribution in [0, 0.1) is 3.57 Å². The van der Waals surface area contributed by atoms with E-state index in [1.807, 2.05) is 42.5 Å². The van der Waals surface area contributed by atoms with Crippen molar-refractivity contribution in [3.63, 3.8) is 0 Å². The molecular formula is C32H27IN2O7S. The van der Waals surface area contributed by atoms with Gasteiger partial charge in [-0.2, -0.15) is 0 Å². The van der Waals surface area contributed by atoms with Crippen molar-refractivity contribution >= 4 is 57.6 Å². The summed E-state index contributed by atoms with van der Waals surface area (Å²) in [5.41, 5.74) is 2.46. The SMILES string of the molecule is CCOC(=O)C1=C(c2ccccc2)N=c2s/c(=C\c3cc(I)c(OC(C)=O)c(OC)c3)c(=O)n2[C@H]1c1ccc(OC)cc1. The van der Waals surface area contributed by atoms with Crippen LogP contribution < -0.4 is 29.1 Å². The maximum atomic E-state index is 14.1. The smallest absolute Gasteiger partial charge is 0.338 e. The van der Waals surface area contributed by atoms with Crippen LogP contribution in [0.1, 0.15) is 36.6 Å². The molecular weight excluding hydrogens is 683 g/mol. The van der Waals surface area contributed by atoms with Gasteiger partial charge in [-0.05, 0) is 71.0 Å². The fourth-order valence-corrected chi connectivity index (χ4v) is 6.50. The molecule has 0 spiro atoms. The second-order valence-corrected chi connectivity index (χ2v) is 11.5. The van der Waals surface area contributed by atoms with Crippen molar-refractivity contribution in [3.05, 3.63) is 112 Å². The van der Waals surface area contributed by atoms with E-state index in [9.17, 15) is 14.4 Å². The summed E-state index contributed by atoms with van der Waals surface area (Å²) >= 11 is 3.27. The van der Waals surface area contributed by atoms with Crippen LogP contribution in [-0.4, -0.2) is 37.3 Å². The Balaban J connectivity index is 1.78. The first-order valence-corrected chi connectivity index (χ1v) is 15.1. The van der Waals surface area contributed by atoms with Gasteiger partial charge in [-0.25, -0.2) is 9.79 Å². The van der Waals surface area contributed by atoms with Crippen molar-refractivity contribution < 1.29 is 28.5 Å². The summed E-state index contributed by atoms with van der Waals surface area (Å²) in [7, 11) is 3.05. The van der Waals surface area contributed by atoms with Crippen molar-refractivity contribution in [1.29, 1.82) is 0 Å². The predicted octanol–water partition coefficient (Wildman–Crippen LogP) is 4.48. The minimum atomic E-state index is -0.806. The number of benzene rings is 3. The number of hydrogen-bond donors (Lipinski definition) is 0. The van der Waals surface area contributed by atoms with E-state index in [0.29, 0.717) is 47.0 Å². The number of esters is 2. The molecule has 220 valence electrons. The molecule has 3 aromatic carbocycles. The highest BCUT2D eigenvalue weighted by molar-refractivity contribution is 14.1. The third-order valence-electron chi connectivity index (χ3n) is 6.60. The average molecular weight is 711 g/mol. The van der Waals surface area contributed by atoms with Gasteiger partial charge in [0.15, 0.2) is 16.3 Å². The molecule has 0 fully saturated rings. The summed E-state index contributed by atoms with van der Waals surface area (Å²) in [5.74, 6) is 0.276. The fourth-order valence-electron chi connectivity index (χ4n) is 4.76. The number of methoxy groups -OCH3 is 2. The Morgan fingerprint density at radius 1 is 1.05 bits per heavy atom. The zero-order valence-electron chi connectivity index (χ0n) is 23.8. The quantitative estimate of drug-likeness (QED) is 0.151. The standard InChI is InChI=1S/C32H27IN2O7S/c1-5-41-31(38)26-27(20-9-7-6-8-10-20)34-32-35(28(26)21-11-13-22(39-3)14-12-21)30(37)25(43-32)17-19-15-23(33)29(42-18(2)36)24(16-19)40-4/h6-17,28H,5H2,1-4H3/b25-17-/t28-/m0/s1. The molecule has 0 amide bonds. The molecule has 5 rings (SSSR count). The number of ether oxygens (including phenoxy) is 4. The first-order chi connectivity index (χ1) is 20.7. The molecule has 11 heteroatoms. The predicted molar refractivity (Wildman–Crippen MR) is 171 cm³/mol. The van der Waals surface area contributed by atoms with Gasteiger partial charge in [0.25, 0.3) is 5.56 Å². The van der Waals surface area contributed by atoms with Crippen LogP contribution in [0.2, 0.25) is 0 Å². The molecule has 0 saturated heterocycles. The van der Waals surface area contributed by atoms with Crippen LogP contribution in [-0.2, 0) is 14.3 Å². The number of nitrogens with zero attached hydrogens (tertiary/aromatic N) is 2. The fraction of sp³-hybridized carbons (Fsp3) is 0.188. The van der Waals surface area contributed by atoms with Gasteiger partial charge >= 0.3 is 11.9 Å². The van der Waals surface area contributed by atoms with Crippen LogP contribution >= 0.6 is 33.9 Å². The lowest BCUT2D eigenvalue weighted by Gasteiger charge is -2.26. The van der Waals surface area contributed by atoms with Gasteiger partial charge in [-0.1, -0.05) is 53.8 Å². The second-order valence-electron chi connectivity index (χ2n) is 9.33. The molecule has 1 aromatic heterocycles. The van der Waals surface area contributed by atoms with Crippen molar-refractivity contribution in [1.82, 2.24) is 4.57 Å². The molecule has 1 aliphatic rings. The molecule has 0 bridgehead atoms. The molecule has 0 saturated carbocycles. The summed E-state index contributed by atoms with van der Waals surface area (Å²) in [4.78, 5) is 44.6. The Morgan fingerprint density at radius 3 is 2.40 bits per heavy atom. The minimum absolute atomic E-state index is 0.161.